The number of rotatable bonds is 5. The first-order valence-electron chi connectivity index (χ1n) is 10.1. The van der Waals surface area contributed by atoms with E-state index in [9.17, 15) is 9.59 Å². The van der Waals surface area contributed by atoms with Gasteiger partial charge in [0.2, 0.25) is 5.82 Å². The molecule has 0 bridgehead atoms. The predicted molar refractivity (Wildman–Crippen MR) is 101 cm³/mol. The van der Waals surface area contributed by atoms with Gasteiger partial charge in [-0.3, -0.25) is 19.2 Å². The second kappa shape index (κ2) is 6.72. The molecule has 2 fully saturated rings. The van der Waals surface area contributed by atoms with Crippen LogP contribution < -0.4 is 10.2 Å². The first kappa shape index (κ1) is 17.4. The molecule has 3 aliphatic rings. The molecule has 1 N–H and O–H groups in total. The van der Waals surface area contributed by atoms with Gasteiger partial charge >= 0.3 is 0 Å². The van der Waals surface area contributed by atoms with Crippen molar-refractivity contribution in [2.24, 2.45) is 5.92 Å². The number of aromatic nitrogens is 5. The Morgan fingerprint density at radius 2 is 2.04 bits per heavy atom. The minimum absolute atomic E-state index is 0.118. The normalized spacial score (nSPS) is 22.5. The van der Waals surface area contributed by atoms with Gasteiger partial charge < -0.3 is 5.32 Å². The van der Waals surface area contributed by atoms with Gasteiger partial charge in [0.1, 0.15) is 18.2 Å². The molecule has 5 rings (SSSR count). The van der Waals surface area contributed by atoms with Crippen molar-refractivity contribution in [3.63, 3.8) is 0 Å². The molecule has 2 aromatic heterocycles. The molecule has 9 heteroatoms. The molecule has 9 nitrogen and oxygen atoms in total. The highest BCUT2D eigenvalue weighted by Gasteiger charge is 2.34. The van der Waals surface area contributed by atoms with Crippen LogP contribution in [-0.2, 0) is 17.9 Å². The minimum Gasteiger partial charge on any atom is -0.337 e. The number of likely N-dealkylation sites (N-methyl/N-ethyl adjacent to an activating group) is 1. The first-order chi connectivity index (χ1) is 13.6. The summed E-state index contributed by atoms with van der Waals surface area (Å²) >= 11 is 0. The van der Waals surface area contributed by atoms with Crippen LogP contribution >= 0.6 is 0 Å². The number of carbonyl (C=O) groups excluding carboxylic acids is 2. The smallest absolute Gasteiger partial charge is 0.291 e. The van der Waals surface area contributed by atoms with Crippen LogP contribution in [0.4, 0.5) is 5.82 Å². The van der Waals surface area contributed by atoms with Gasteiger partial charge in [-0.1, -0.05) is 6.42 Å². The van der Waals surface area contributed by atoms with Crippen molar-refractivity contribution >= 4 is 17.6 Å². The Balaban J connectivity index is 1.25. The van der Waals surface area contributed by atoms with E-state index in [-0.39, 0.29) is 11.7 Å². The molecule has 0 spiro atoms. The van der Waals surface area contributed by atoms with Crippen molar-refractivity contribution < 1.29 is 9.59 Å². The molecular weight excluding hydrogens is 358 g/mol. The largest absolute Gasteiger partial charge is 0.337 e. The molecule has 148 valence electrons. The van der Waals surface area contributed by atoms with Gasteiger partial charge in [0, 0.05) is 32.1 Å². The summed E-state index contributed by atoms with van der Waals surface area (Å²) in [6.45, 7) is 1.39. The summed E-state index contributed by atoms with van der Waals surface area (Å²) < 4.78 is 3.61. The van der Waals surface area contributed by atoms with Crippen molar-refractivity contribution in [2.75, 3.05) is 11.9 Å². The van der Waals surface area contributed by atoms with Crippen molar-refractivity contribution in [1.29, 1.82) is 0 Å². The van der Waals surface area contributed by atoms with E-state index in [2.05, 4.69) is 20.5 Å². The van der Waals surface area contributed by atoms with Crippen LogP contribution in [0.3, 0.4) is 0 Å². The lowest BCUT2D eigenvalue weighted by molar-refractivity contribution is -0.120. The van der Waals surface area contributed by atoms with Crippen LogP contribution in [0.25, 0.3) is 0 Å². The average Bonchev–Trinajstić information content (AvgIpc) is 3.26. The Hall–Kier alpha value is -2.71. The summed E-state index contributed by atoms with van der Waals surface area (Å²) in [4.78, 5) is 31.2. The molecule has 2 aliphatic carbocycles. The Kier molecular flexibility index (Phi) is 4.17. The predicted octanol–water partition coefficient (Wildman–Crippen LogP) is 1.32. The van der Waals surface area contributed by atoms with Gasteiger partial charge in [-0.2, -0.15) is 5.10 Å². The van der Waals surface area contributed by atoms with E-state index >= 15 is 0 Å². The van der Waals surface area contributed by atoms with Crippen molar-refractivity contribution in [2.45, 2.75) is 63.6 Å². The van der Waals surface area contributed by atoms with E-state index in [4.69, 9.17) is 0 Å². The highest BCUT2D eigenvalue weighted by Crippen LogP contribution is 2.40. The number of hydrogen-bond donors (Lipinski definition) is 1. The third-order valence-electron chi connectivity index (χ3n) is 6.09. The molecule has 28 heavy (non-hydrogen) atoms. The minimum atomic E-state index is -0.609. The quantitative estimate of drug-likeness (QED) is 0.840. The fourth-order valence-corrected chi connectivity index (χ4v) is 3.94. The molecule has 2 saturated carbocycles. The van der Waals surface area contributed by atoms with Crippen LogP contribution in [0.1, 0.15) is 60.8 Å². The van der Waals surface area contributed by atoms with Crippen LogP contribution in [0.2, 0.25) is 0 Å². The highest BCUT2D eigenvalue weighted by molar-refractivity contribution is 6.00. The monoisotopic (exact) mass is 383 g/mol. The summed E-state index contributed by atoms with van der Waals surface area (Å²) in [5, 5.41) is 11.8. The van der Waals surface area contributed by atoms with Gasteiger partial charge in [-0.15, -0.1) is 5.10 Å². The summed E-state index contributed by atoms with van der Waals surface area (Å²) in [5.41, 5.74) is 1.07. The maximum Gasteiger partial charge on any atom is 0.291 e. The molecule has 0 radical (unpaired) electrons. The van der Waals surface area contributed by atoms with Gasteiger partial charge in [0.05, 0.1) is 5.69 Å². The number of anilines is 1. The topological polar surface area (TPSA) is 97.9 Å². The maximum atomic E-state index is 12.9. The van der Waals surface area contributed by atoms with Crippen molar-refractivity contribution in [3.05, 3.63) is 23.9 Å². The molecular formula is C19H25N7O2. The van der Waals surface area contributed by atoms with E-state index in [1.165, 1.54) is 32.1 Å². The molecule has 0 saturated heterocycles. The van der Waals surface area contributed by atoms with E-state index in [0.717, 1.165) is 18.1 Å². The van der Waals surface area contributed by atoms with E-state index in [1.807, 2.05) is 10.7 Å². The van der Waals surface area contributed by atoms with Gasteiger partial charge in [0.15, 0.2) is 0 Å². The van der Waals surface area contributed by atoms with Crippen LogP contribution in [-0.4, -0.2) is 49.4 Å². The molecule has 2 amide bonds. The number of amides is 2. The van der Waals surface area contributed by atoms with Gasteiger partial charge in [-0.05, 0) is 38.0 Å². The summed E-state index contributed by atoms with van der Waals surface area (Å²) in [6, 6.07) is 1.39. The number of carbonyl (C=O) groups is 2. The summed E-state index contributed by atoms with van der Waals surface area (Å²) in [6.07, 6.45) is 8.13. The van der Waals surface area contributed by atoms with E-state index < -0.39 is 11.9 Å². The zero-order valence-electron chi connectivity index (χ0n) is 16.0. The lowest BCUT2D eigenvalue weighted by Crippen LogP contribution is -2.47. The molecule has 1 aliphatic heterocycles. The van der Waals surface area contributed by atoms with Crippen molar-refractivity contribution in [3.8, 4) is 0 Å². The zero-order valence-corrected chi connectivity index (χ0v) is 16.0. The Morgan fingerprint density at radius 3 is 2.75 bits per heavy atom. The first-order valence-corrected chi connectivity index (χ1v) is 10.1. The molecule has 1 unspecified atom stereocenters. The lowest BCUT2D eigenvalue weighted by atomic mass is 9.86. The SMILES string of the molecule is CN1C(=O)C(NC(=O)c2ncn(CC3CCC3)n2)CCn2nc(C3CC3)cc21. The number of aryl methyl sites for hydroxylation is 1. The third kappa shape index (κ3) is 3.18. The Morgan fingerprint density at radius 1 is 1.21 bits per heavy atom. The Labute approximate surface area is 163 Å². The van der Waals surface area contributed by atoms with E-state index in [0.29, 0.717) is 24.8 Å². The van der Waals surface area contributed by atoms with Gasteiger partial charge in [0.25, 0.3) is 11.8 Å². The number of fused-ring (bicyclic) bond motifs is 1. The number of nitrogens with zero attached hydrogens (tertiary/aromatic N) is 6. The van der Waals surface area contributed by atoms with Gasteiger partial charge in [-0.25, -0.2) is 9.67 Å². The highest BCUT2D eigenvalue weighted by atomic mass is 16.2. The number of hydrogen-bond acceptors (Lipinski definition) is 5. The fraction of sp³-hybridized carbons (Fsp3) is 0.632. The van der Waals surface area contributed by atoms with Crippen molar-refractivity contribution in [1.82, 2.24) is 29.9 Å². The van der Waals surface area contributed by atoms with Crippen LogP contribution in [0.5, 0.6) is 0 Å². The molecule has 3 heterocycles. The van der Waals surface area contributed by atoms with E-state index in [1.54, 1.807) is 23.0 Å². The summed E-state index contributed by atoms with van der Waals surface area (Å²) in [5.74, 6) is 1.55. The Bertz CT molecular complexity index is 909. The second-order valence-corrected chi connectivity index (χ2v) is 8.22. The van der Waals surface area contributed by atoms with Crippen LogP contribution in [0, 0.1) is 5.92 Å². The zero-order chi connectivity index (χ0) is 19.3. The lowest BCUT2D eigenvalue weighted by Gasteiger charge is -2.24. The maximum absolute atomic E-state index is 12.9. The molecule has 2 aromatic rings. The number of nitrogens with one attached hydrogen (secondary N) is 1. The summed E-state index contributed by atoms with van der Waals surface area (Å²) in [7, 11) is 1.74. The molecule has 0 aromatic carbocycles. The second-order valence-electron chi connectivity index (χ2n) is 8.22. The van der Waals surface area contributed by atoms with Crippen LogP contribution in [0.15, 0.2) is 12.4 Å². The fourth-order valence-electron chi connectivity index (χ4n) is 3.94. The molecule has 1 atom stereocenters. The third-order valence-corrected chi connectivity index (χ3v) is 6.09. The standard InChI is InChI=1S/C19H25N7O2/c1-24-16-9-15(13-5-6-13)22-26(16)8-7-14(19(24)28)21-18(27)17-20-11-25(23-17)10-12-3-2-4-12/h9,11-14H,2-8,10H2,1H3,(H,21,27). The average molecular weight is 383 g/mol.